The highest BCUT2D eigenvalue weighted by atomic mass is 15.3. The van der Waals surface area contributed by atoms with Crippen LogP contribution in [0.5, 0.6) is 0 Å². The topological polar surface area (TPSA) is 96.3 Å². The molecular formula is C7H10N6. The Balaban J connectivity index is 2.18. The monoisotopic (exact) mass is 178 g/mol. The molecule has 0 atom stereocenters. The van der Waals surface area contributed by atoms with Crippen LogP contribution >= 0.6 is 0 Å². The molecule has 6 nitrogen and oxygen atoms in total. The molecule has 6 heteroatoms. The molecule has 0 spiro atoms. The Morgan fingerprint density at radius 3 is 2.92 bits per heavy atom. The summed E-state index contributed by atoms with van der Waals surface area (Å²) in [6.07, 6.45) is 4.16. The van der Waals surface area contributed by atoms with E-state index in [2.05, 4.69) is 25.6 Å². The molecule has 2 heterocycles. The van der Waals surface area contributed by atoms with Crippen LogP contribution in [0, 0.1) is 0 Å². The molecule has 0 aliphatic heterocycles. The summed E-state index contributed by atoms with van der Waals surface area (Å²) in [7, 11) is 0. The average Bonchev–Trinajstić information content (AvgIpc) is 2.76. The number of rotatable bonds is 3. The van der Waals surface area contributed by atoms with Gasteiger partial charge in [0.2, 0.25) is 0 Å². The fourth-order valence-corrected chi connectivity index (χ4v) is 1.17. The van der Waals surface area contributed by atoms with Crippen molar-refractivity contribution in [2.75, 3.05) is 0 Å². The normalized spacial score (nSPS) is 10.5. The third-order valence-electron chi connectivity index (χ3n) is 1.85. The molecule has 0 aliphatic carbocycles. The molecule has 0 radical (unpaired) electrons. The van der Waals surface area contributed by atoms with Crippen molar-refractivity contribution < 1.29 is 0 Å². The Bertz CT molecular complexity index is 362. The van der Waals surface area contributed by atoms with Crippen LogP contribution in [0.4, 0.5) is 0 Å². The first kappa shape index (κ1) is 7.93. The second kappa shape index (κ2) is 3.36. The van der Waals surface area contributed by atoms with Crippen LogP contribution in [-0.4, -0.2) is 25.6 Å². The molecular weight excluding hydrogens is 168 g/mol. The van der Waals surface area contributed by atoms with Gasteiger partial charge in [-0.2, -0.15) is 20.5 Å². The van der Waals surface area contributed by atoms with Crippen LogP contribution in [0.3, 0.4) is 0 Å². The summed E-state index contributed by atoms with van der Waals surface area (Å²) in [5.74, 6) is 0. The summed E-state index contributed by atoms with van der Waals surface area (Å²) in [5, 5.41) is 17.0. The molecule has 0 fully saturated rings. The highest BCUT2D eigenvalue weighted by Gasteiger charge is 2.05. The maximum Gasteiger partial charge on any atom is 0.0869 e. The number of hydrogen-bond acceptors (Lipinski definition) is 4. The molecule has 0 saturated heterocycles. The number of nitrogens with two attached hydrogens (primary N) is 1. The van der Waals surface area contributed by atoms with Crippen LogP contribution in [-0.2, 0) is 13.0 Å². The van der Waals surface area contributed by atoms with Gasteiger partial charge in [0.25, 0.3) is 0 Å². The zero-order valence-corrected chi connectivity index (χ0v) is 6.99. The Morgan fingerprint density at radius 2 is 2.23 bits per heavy atom. The van der Waals surface area contributed by atoms with Crippen molar-refractivity contribution in [1.82, 2.24) is 25.6 Å². The SMILES string of the molecule is NCc1[nH]ncc1Cc1cn[nH]n1. The van der Waals surface area contributed by atoms with Crippen LogP contribution < -0.4 is 5.73 Å². The van der Waals surface area contributed by atoms with E-state index >= 15 is 0 Å². The number of aromatic amines is 2. The minimum Gasteiger partial charge on any atom is -0.325 e. The van der Waals surface area contributed by atoms with Crippen molar-refractivity contribution in [2.45, 2.75) is 13.0 Å². The molecule has 0 aliphatic rings. The van der Waals surface area contributed by atoms with Gasteiger partial charge in [-0.3, -0.25) is 5.10 Å². The first-order valence-electron chi connectivity index (χ1n) is 3.96. The number of aromatic nitrogens is 5. The Morgan fingerprint density at radius 1 is 1.31 bits per heavy atom. The van der Waals surface area contributed by atoms with Gasteiger partial charge in [0, 0.05) is 18.5 Å². The van der Waals surface area contributed by atoms with E-state index in [1.54, 1.807) is 12.4 Å². The summed E-state index contributed by atoms with van der Waals surface area (Å²) in [4.78, 5) is 0. The van der Waals surface area contributed by atoms with E-state index in [4.69, 9.17) is 5.73 Å². The van der Waals surface area contributed by atoms with Crippen LogP contribution in [0.25, 0.3) is 0 Å². The highest BCUT2D eigenvalue weighted by molar-refractivity contribution is 5.21. The van der Waals surface area contributed by atoms with Crippen LogP contribution in [0.15, 0.2) is 12.4 Å². The van der Waals surface area contributed by atoms with Gasteiger partial charge in [-0.25, -0.2) is 0 Å². The van der Waals surface area contributed by atoms with E-state index in [0.717, 1.165) is 17.0 Å². The van der Waals surface area contributed by atoms with Crippen molar-refractivity contribution in [1.29, 1.82) is 0 Å². The van der Waals surface area contributed by atoms with Gasteiger partial charge < -0.3 is 5.73 Å². The fraction of sp³-hybridized carbons (Fsp3) is 0.286. The highest BCUT2D eigenvalue weighted by Crippen LogP contribution is 2.08. The second-order valence-electron chi connectivity index (χ2n) is 2.72. The average molecular weight is 178 g/mol. The molecule has 0 saturated carbocycles. The standard InChI is InChI=1S/C7H10N6/c8-2-7-5(3-9-12-7)1-6-4-10-13-11-6/h3-4H,1-2,8H2,(H,9,12)(H,10,11,13). The number of nitrogens with one attached hydrogen (secondary N) is 2. The van der Waals surface area contributed by atoms with E-state index in [1.807, 2.05) is 0 Å². The van der Waals surface area contributed by atoms with E-state index in [9.17, 15) is 0 Å². The Kier molecular flexibility index (Phi) is 2.05. The Labute approximate surface area is 74.5 Å². The largest absolute Gasteiger partial charge is 0.325 e. The zero-order valence-electron chi connectivity index (χ0n) is 6.99. The minimum absolute atomic E-state index is 0.465. The molecule has 2 aromatic rings. The molecule has 2 rings (SSSR count). The molecule has 0 bridgehead atoms. The number of H-pyrrole nitrogens is 2. The number of nitrogens with zero attached hydrogens (tertiary/aromatic N) is 3. The quantitative estimate of drug-likeness (QED) is 0.594. The van der Waals surface area contributed by atoms with Gasteiger partial charge in [0.05, 0.1) is 23.8 Å². The molecule has 0 amide bonds. The van der Waals surface area contributed by atoms with E-state index in [0.29, 0.717) is 13.0 Å². The summed E-state index contributed by atoms with van der Waals surface area (Å²) in [6.45, 7) is 0.465. The number of hydrogen-bond donors (Lipinski definition) is 3. The summed E-state index contributed by atoms with van der Waals surface area (Å²) < 4.78 is 0. The second-order valence-corrected chi connectivity index (χ2v) is 2.72. The van der Waals surface area contributed by atoms with Crippen LogP contribution in [0.2, 0.25) is 0 Å². The van der Waals surface area contributed by atoms with Gasteiger partial charge in [0.1, 0.15) is 0 Å². The zero-order chi connectivity index (χ0) is 9.10. The predicted octanol–water partition coefficient (Wildman–Crippen LogP) is -0.423. The van der Waals surface area contributed by atoms with Crippen molar-refractivity contribution >= 4 is 0 Å². The van der Waals surface area contributed by atoms with Gasteiger partial charge in [-0.15, -0.1) is 0 Å². The van der Waals surface area contributed by atoms with E-state index in [-0.39, 0.29) is 0 Å². The van der Waals surface area contributed by atoms with Crippen LogP contribution in [0.1, 0.15) is 17.0 Å². The van der Waals surface area contributed by atoms with Crippen molar-refractivity contribution in [2.24, 2.45) is 5.73 Å². The molecule has 0 unspecified atom stereocenters. The summed E-state index contributed by atoms with van der Waals surface area (Å²) in [6, 6.07) is 0. The molecule has 4 N–H and O–H groups in total. The lowest BCUT2D eigenvalue weighted by atomic mass is 10.1. The summed E-state index contributed by atoms with van der Waals surface area (Å²) >= 11 is 0. The molecule has 68 valence electrons. The molecule has 0 aromatic carbocycles. The van der Waals surface area contributed by atoms with E-state index in [1.165, 1.54) is 0 Å². The Hall–Kier alpha value is -1.69. The molecule has 13 heavy (non-hydrogen) atoms. The maximum absolute atomic E-state index is 5.51. The smallest absolute Gasteiger partial charge is 0.0869 e. The lowest BCUT2D eigenvalue weighted by molar-refractivity contribution is 0.903. The molecule has 2 aromatic heterocycles. The minimum atomic E-state index is 0.465. The third kappa shape index (κ3) is 1.57. The van der Waals surface area contributed by atoms with E-state index < -0.39 is 0 Å². The van der Waals surface area contributed by atoms with Gasteiger partial charge in [0.15, 0.2) is 0 Å². The van der Waals surface area contributed by atoms with Crippen molar-refractivity contribution in [3.8, 4) is 0 Å². The van der Waals surface area contributed by atoms with Gasteiger partial charge in [-0.05, 0) is 0 Å². The summed E-state index contributed by atoms with van der Waals surface area (Å²) in [5.41, 5.74) is 8.41. The first-order chi connectivity index (χ1) is 6.40. The lowest BCUT2D eigenvalue weighted by Gasteiger charge is -1.95. The third-order valence-corrected chi connectivity index (χ3v) is 1.85. The first-order valence-corrected chi connectivity index (χ1v) is 3.96. The predicted molar refractivity (Wildman–Crippen MR) is 45.7 cm³/mol. The van der Waals surface area contributed by atoms with Gasteiger partial charge in [-0.1, -0.05) is 0 Å². The van der Waals surface area contributed by atoms with Gasteiger partial charge >= 0.3 is 0 Å². The fourth-order valence-electron chi connectivity index (χ4n) is 1.17. The van der Waals surface area contributed by atoms with Crippen molar-refractivity contribution in [3.63, 3.8) is 0 Å². The lowest BCUT2D eigenvalue weighted by Crippen LogP contribution is -2.01. The van der Waals surface area contributed by atoms with Crippen molar-refractivity contribution in [3.05, 3.63) is 29.3 Å². The maximum atomic E-state index is 5.51.